The Balaban J connectivity index is 1.71. The Morgan fingerprint density at radius 3 is 2.33 bits per heavy atom. The molecule has 0 bridgehead atoms. The van der Waals surface area contributed by atoms with E-state index in [-0.39, 0.29) is 11.7 Å². The highest BCUT2D eigenvalue weighted by atomic mass is 19.1. The highest BCUT2D eigenvalue weighted by Gasteiger charge is 2.21. The minimum atomic E-state index is -0.184. The number of nitrogens with zero attached hydrogens (tertiary/aromatic N) is 2. The zero-order chi connectivity index (χ0) is 15.2. The molecule has 1 fully saturated rings. The van der Waals surface area contributed by atoms with Gasteiger partial charge in [-0.25, -0.2) is 4.39 Å². The molecular weight excluding hydrogens is 267 g/mol. The van der Waals surface area contributed by atoms with E-state index >= 15 is 0 Å². The molecule has 1 aromatic rings. The van der Waals surface area contributed by atoms with Gasteiger partial charge in [-0.2, -0.15) is 0 Å². The summed E-state index contributed by atoms with van der Waals surface area (Å²) in [6.07, 6.45) is 1.58. The first kappa shape index (κ1) is 16.0. The molecule has 116 valence electrons. The van der Waals surface area contributed by atoms with E-state index in [2.05, 4.69) is 18.7 Å². The van der Waals surface area contributed by atoms with Gasteiger partial charge in [0.1, 0.15) is 5.82 Å². The second-order valence-corrected chi connectivity index (χ2v) is 6.20. The molecule has 1 aromatic carbocycles. The topological polar surface area (TPSA) is 23.6 Å². The van der Waals surface area contributed by atoms with Crippen molar-refractivity contribution in [3.63, 3.8) is 0 Å². The Hall–Kier alpha value is -1.42. The van der Waals surface area contributed by atoms with Gasteiger partial charge in [-0.15, -0.1) is 0 Å². The predicted octanol–water partition coefficient (Wildman–Crippen LogP) is 2.56. The number of piperazine rings is 1. The summed E-state index contributed by atoms with van der Waals surface area (Å²) in [5, 5.41) is 0. The molecule has 1 saturated heterocycles. The number of carbonyl (C=O) groups is 1. The number of hydrogen-bond acceptors (Lipinski definition) is 2. The number of hydrogen-bond donors (Lipinski definition) is 0. The smallest absolute Gasteiger partial charge is 0.222 e. The zero-order valence-corrected chi connectivity index (χ0v) is 13.0. The molecular formula is C17H25FN2O. The summed E-state index contributed by atoms with van der Waals surface area (Å²) in [5.41, 5.74) is 1.16. The first-order chi connectivity index (χ1) is 10.0. The van der Waals surface area contributed by atoms with Gasteiger partial charge in [0.25, 0.3) is 0 Å². The highest BCUT2D eigenvalue weighted by molar-refractivity contribution is 5.76. The fourth-order valence-corrected chi connectivity index (χ4v) is 2.64. The third-order valence-electron chi connectivity index (χ3n) is 3.94. The van der Waals surface area contributed by atoms with Crippen molar-refractivity contribution in [2.45, 2.75) is 26.7 Å². The lowest BCUT2D eigenvalue weighted by molar-refractivity contribution is -0.133. The van der Waals surface area contributed by atoms with E-state index in [1.807, 2.05) is 17.0 Å². The van der Waals surface area contributed by atoms with Crippen LogP contribution in [0.15, 0.2) is 24.3 Å². The Morgan fingerprint density at radius 2 is 1.76 bits per heavy atom. The van der Waals surface area contributed by atoms with E-state index in [9.17, 15) is 9.18 Å². The molecule has 2 rings (SSSR count). The maximum Gasteiger partial charge on any atom is 0.222 e. The molecule has 0 N–H and O–H groups in total. The molecule has 4 heteroatoms. The van der Waals surface area contributed by atoms with Crippen molar-refractivity contribution < 1.29 is 9.18 Å². The first-order valence-electron chi connectivity index (χ1n) is 7.79. The number of benzene rings is 1. The van der Waals surface area contributed by atoms with Crippen LogP contribution >= 0.6 is 0 Å². The summed E-state index contributed by atoms with van der Waals surface area (Å²) >= 11 is 0. The average molecular weight is 292 g/mol. The fourth-order valence-electron chi connectivity index (χ4n) is 2.64. The fraction of sp³-hybridized carbons (Fsp3) is 0.588. The van der Waals surface area contributed by atoms with E-state index in [0.717, 1.165) is 44.7 Å². The van der Waals surface area contributed by atoms with E-state index in [4.69, 9.17) is 0 Å². The molecule has 3 nitrogen and oxygen atoms in total. The van der Waals surface area contributed by atoms with Crippen LogP contribution in [0.4, 0.5) is 4.39 Å². The Morgan fingerprint density at radius 1 is 1.14 bits per heavy atom. The van der Waals surface area contributed by atoms with Gasteiger partial charge in [0, 0.05) is 39.1 Å². The summed E-state index contributed by atoms with van der Waals surface area (Å²) in [7, 11) is 0. The average Bonchev–Trinajstić information content (AvgIpc) is 2.46. The van der Waals surface area contributed by atoms with Gasteiger partial charge in [0.2, 0.25) is 5.91 Å². The standard InChI is InChI=1S/C17H25FN2O/c1-14(2)13-17(21)20-11-9-19(10-12-20)8-7-15-3-5-16(18)6-4-15/h3-6,14H,7-13H2,1-2H3. The maximum absolute atomic E-state index is 12.8. The lowest BCUT2D eigenvalue weighted by Gasteiger charge is -2.35. The lowest BCUT2D eigenvalue weighted by Crippen LogP contribution is -2.49. The Labute approximate surface area is 126 Å². The molecule has 1 aliphatic heterocycles. The van der Waals surface area contributed by atoms with Crippen LogP contribution in [0.25, 0.3) is 0 Å². The second kappa shape index (κ2) is 7.55. The Kier molecular flexibility index (Phi) is 5.74. The normalized spacial score (nSPS) is 16.5. The van der Waals surface area contributed by atoms with Crippen molar-refractivity contribution in [3.05, 3.63) is 35.6 Å². The van der Waals surface area contributed by atoms with Crippen molar-refractivity contribution in [2.24, 2.45) is 5.92 Å². The second-order valence-electron chi connectivity index (χ2n) is 6.20. The van der Waals surface area contributed by atoms with Gasteiger partial charge in [0.05, 0.1) is 0 Å². The molecule has 0 radical (unpaired) electrons. The molecule has 21 heavy (non-hydrogen) atoms. The van der Waals surface area contributed by atoms with Gasteiger partial charge >= 0.3 is 0 Å². The van der Waals surface area contributed by atoms with Crippen LogP contribution in [0, 0.1) is 11.7 Å². The Bertz CT molecular complexity index is 450. The van der Waals surface area contributed by atoms with Crippen LogP contribution < -0.4 is 0 Å². The van der Waals surface area contributed by atoms with Gasteiger partial charge in [-0.1, -0.05) is 26.0 Å². The zero-order valence-electron chi connectivity index (χ0n) is 13.0. The van der Waals surface area contributed by atoms with Crippen LogP contribution in [0.5, 0.6) is 0 Å². The molecule has 1 heterocycles. The lowest BCUT2D eigenvalue weighted by atomic mass is 10.1. The number of carbonyl (C=O) groups excluding carboxylic acids is 1. The minimum absolute atomic E-state index is 0.184. The van der Waals surface area contributed by atoms with E-state index in [1.54, 1.807) is 0 Å². The van der Waals surface area contributed by atoms with Gasteiger partial charge in [0.15, 0.2) is 0 Å². The third kappa shape index (κ3) is 5.12. The minimum Gasteiger partial charge on any atom is -0.340 e. The van der Waals surface area contributed by atoms with Crippen LogP contribution in [0.2, 0.25) is 0 Å². The molecule has 0 aromatic heterocycles. The van der Waals surface area contributed by atoms with Crippen molar-refractivity contribution >= 4 is 5.91 Å². The van der Waals surface area contributed by atoms with Crippen molar-refractivity contribution in [1.29, 1.82) is 0 Å². The van der Waals surface area contributed by atoms with Crippen LogP contribution in [-0.2, 0) is 11.2 Å². The van der Waals surface area contributed by atoms with Gasteiger partial charge in [-0.05, 0) is 30.0 Å². The summed E-state index contributed by atoms with van der Waals surface area (Å²) in [6.45, 7) is 8.66. The number of amides is 1. The summed E-state index contributed by atoms with van der Waals surface area (Å²) in [4.78, 5) is 16.4. The third-order valence-corrected chi connectivity index (χ3v) is 3.94. The molecule has 0 aliphatic carbocycles. The van der Waals surface area contributed by atoms with Gasteiger partial charge in [-0.3, -0.25) is 9.69 Å². The van der Waals surface area contributed by atoms with Crippen molar-refractivity contribution in [2.75, 3.05) is 32.7 Å². The molecule has 1 aliphatic rings. The SMILES string of the molecule is CC(C)CC(=O)N1CCN(CCc2ccc(F)cc2)CC1. The maximum atomic E-state index is 12.8. The first-order valence-corrected chi connectivity index (χ1v) is 7.79. The quantitative estimate of drug-likeness (QED) is 0.833. The largest absolute Gasteiger partial charge is 0.340 e. The van der Waals surface area contributed by atoms with E-state index in [1.165, 1.54) is 12.1 Å². The van der Waals surface area contributed by atoms with E-state index < -0.39 is 0 Å². The van der Waals surface area contributed by atoms with Crippen LogP contribution in [-0.4, -0.2) is 48.4 Å². The van der Waals surface area contributed by atoms with Crippen LogP contribution in [0.3, 0.4) is 0 Å². The van der Waals surface area contributed by atoms with Crippen molar-refractivity contribution in [3.8, 4) is 0 Å². The molecule has 0 saturated carbocycles. The number of halogens is 1. The monoisotopic (exact) mass is 292 g/mol. The molecule has 1 amide bonds. The predicted molar refractivity (Wildman–Crippen MR) is 82.6 cm³/mol. The summed E-state index contributed by atoms with van der Waals surface area (Å²) in [6, 6.07) is 6.71. The number of rotatable bonds is 5. The van der Waals surface area contributed by atoms with E-state index in [0.29, 0.717) is 12.3 Å². The molecule has 0 unspecified atom stereocenters. The molecule has 0 spiro atoms. The van der Waals surface area contributed by atoms with Gasteiger partial charge < -0.3 is 4.90 Å². The highest BCUT2D eigenvalue weighted by Crippen LogP contribution is 2.10. The molecule has 0 atom stereocenters. The van der Waals surface area contributed by atoms with Crippen LogP contribution in [0.1, 0.15) is 25.8 Å². The van der Waals surface area contributed by atoms with Crippen molar-refractivity contribution in [1.82, 2.24) is 9.80 Å². The summed E-state index contributed by atoms with van der Waals surface area (Å²) < 4.78 is 12.8. The summed E-state index contributed by atoms with van der Waals surface area (Å²) in [5.74, 6) is 0.521.